The highest BCUT2D eigenvalue weighted by Gasteiger charge is 2.39. The highest BCUT2D eigenvalue weighted by molar-refractivity contribution is 5.83. The summed E-state index contributed by atoms with van der Waals surface area (Å²) in [6.45, 7) is 0.350. The predicted octanol–water partition coefficient (Wildman–Crippen LogP) is -0.497. The molecule has 2 atom stereocenters. The van der Waals surface area contributed by atoms with E-state index in [1.807, 2.05) is 0 Å². The first-order chi connectivity index (χ1) is 7.60. The molecule has 6 nitrogen and oxygen atoms in total. The van der Waals surface area contributed by atoms with Crippen molar-refractivity contribution in [2.75, 3.05) is 20.2 Å². The van der Waals surface area contributed by atoms with Crippen molar-refractivity contribution in [1.29, 1.82) is 0 Å². The minimum atomic E-state index is -1.03. The van der Waals surface area contributed by atoms with Crippen LogP contribution in [0.2, 0.25) is 0 Å². The molecule has 2 unspecified atom stereocenters. The van der Waals surface area contributed by atoms with Gasteiger partial charge in [-0.05, 0) is 0 Å². The van der Waals surface area contributed by atoms with E-state index in [9.17, 15) is 9.59 Å². The standard InChI is InChI=1S/C10H14N2O4/c1-3-4-11-10(15)12-6-7(16-2)5-8(12)9(13)14/h1,7-8H,4-6H2,2H3,(H,11,15)(H,13,14). The summed E-state index contributed by atoms with van der Waals surface area (Å²) in [4.78, 5) is 23.7. The fourth-order valence-electron chi connectivity index (χ4n) is 1.65. The number of aliphatic carboxylic acids is 1. The quantitative estimate of drug-likeness (QED) is 0.636. The number of urea groups is 1. The second kappa shape index (κ2) is 5.37. The summed E-state index contributed by atoms with van der Waals surface area (Å²) in [6.07, 6.45) is 5.06. The molecular weight excluding hydrogens is 212 g/mol. The monoisotopic (exact) mass is 226 g/mol. The van der Waals surface area contributed by atoms with E-state index < -0.39 is 18.0 Å². The third-order valence-corrected chi connectivity index (χ3v) is 2.48. The molecule has 0 spiro atoms. The van der Waals surface area contributed by atoms with E-state index in [-0.39, 0.29) is 19.2 Å². The van der Waals surface area contributed by atoms with Crippen LogP contribution < -0.4 is 5.32 Å². The van der Waals surface area contributed by atoms with Gasteiger partial charge in [-0.1, -0.05) is 5.92 Å². The molecule has 0 bridgehead atoms. The number of likely N-dealkylation sites (tertiary alicyclic amines) is 1. The number of carbonyl (C=O) groups excluding carboxylic acids is 1. The van der Waals surface area contributed by atoms with Crippen LogP contribution in [0.1, 0.15) is 6.42 Å². The molecule has 16 heavy (non-hydrogen) atoms. The number of carbonyl (C=O) groups is 2. The summed E-state index contributed by atoms with van der Waals surface area (Å²) < 4.78 is 5.05. The van der Waals surface area contributed by atoms with Gasteiger partial charge in [-0.3, -0.25) is 0 Å². The van der Waals surface area contributed by atoms with E-state index in [4.69, 9.17) is 16.3 Å². The average Bonchev–Trinajstić information content (AvgIpc) is 2.70. The van der Waals surface area contributed by atoms with E-state index >= 15 is 0 Å². The van der Waals surface area contributed by atoms with Crippen molar-refractivity contribution in [2.45, 2.75) is 18.6 Å². The minimum Gasteiger partial charge on any atom is -0.480 e. The summed E-state index contributed by atoms with van der Waals surface area (Å²) in [7, 11) is 1.49. The largest absolute Gasteiger partial charge is 0.480 e. The number of hydrogen-bond donors (Lipinski definition) is 2. The molecule has 1 fully saturated rings. The molecule has 0 radical (unpaired) electrons. The van der Waals surface area contributed by atoms with Crippen LogP contribution in [0.3, 0.4) is 0 Å². The summed E-state index contributed by atoms with van der Waals surface area (Å²) in [5.74, 6) is 1.22. The average molecular weight is 226 g/mol. The lowest BCUT2D eigenvalue weighted by atomic mass is 10.2. The van der Waals surface area contributed by atoms with Crippen LogP contribution in [0.15, 0.2) is 0 Å². The molecule has 0 aliphatic carbocycles. The molecule has 1 aliphatic heterocycles. The Morgan fingerprint density at radius 1 is 1.69 bits per heavy atom. The van der Waals surface area contributed by atoms with E-state index in [1.165, 1.54) is 12.0 Å². The Morgan fingerprint density at radius 3 is 2.88 bits per heavy atom. The lowest BCUT2D eigenvalue weighted by Crippen LogP contribution is -2.46. The Kier molecular flexibility index (Phi) is 4.14. The lowest BCUT2D eigenvalue weighted by molar-refractivity contribution is -0.141. The second-order valence-electron chi connectivity index (χ2n) is 3.46. The molecule has 0 aromatic rings. The van der Waals surface area contributed by atoms with E-state index in [2.05, 4.69) is 11.2 Å². The minimum absolute atomic E-state index is 0.0827. The van der Waals surface area contributed by atoms with Crippen molar-refractivity contribution >= 4 is 12.0 Å². The van der Waals surface area contributed by atoms with Crippen LogP contribution in [0.4, 0.5) is 4.79 Å². The van der Waals surface area contributed by atoms with Gasteiger partial charge in [0, 0.05) is 20.1 Å². The van der Waals surface area contributed by atoms with Crippen molar-refractivity contribution in [3.8, 4) is 12.3 Å². The van der Waals surface area contributed by atoms with Gasteiger partial charge in [-0.15, -0.1) is 6.42 Å². The Labute approximate surface area is 93.6 Å². The number of rotatable bonds is 3. The number of amides is 2. The fourth-order valence-corrected chi connectivity index (χ4v) is 1.65. The molecule has 1 aliphatic rings. The third-order valence-electron chi connectivity index (χ3n) is 2.48. The van der Waals surface area contributed by atoms with E-state index in [0.717, 1.165) is 0 Å². The lowest BCUT2D eigenvalue weighted by Gasteiger charge is -2.20. The van der Waals surface area contributed by atoms with Crippen molar-refractivity contribution < 1.29 is 19.4 Å². The van der Waals surface area contributed by atoms with Crippen LogP contribution in [0, 0.1) is 12.3 Å². The van der Waals surface area contributed by atoms with Crippen molar-refractivity contribution in [2.24, 2.45) is 0 Å². The maximum atomic E-state index is 11.6. The van der Waals surface area contributed by atoms with Gasteiger partial charge in [0.05, 0.1) is 12.6 Å². The Morgan fingerprint density at radius 2 is 2.38 bits per heavy atom. The number of nitrogens with zero attached hydrogens (tertiary/aromatic N) is 1. The zero-order chi connectivity index (χ0) is 12.1. The summed E-state index contributed by atoms with van der Waals surface area (Å²) in [5.41, 5.74) is 0. The van der Waals surface area contributed by atoms with Gasteiger partial charge >= 0.3 is 12.0 Å². The van der Waals surface area contributed by atoms with Gasteiger partial charge in [0.1, 0.15) is 6.04 Å². The number of carboxylic acid groups (broad SMARTS) is 1. The highest BCUT2D eigenvalue weighted by atomic mass is 16.5. The van der Waals surface area contributed by atoms with Gasteiger partial charge < -0.3 is 20.1 Å². The molecule has 1 rings (SSSR count). The number of methoxy groups -OCH3 is 1. The SMILES string of the molecule is C#CCNC(=O)N1CC(OC)CC1C(=O)O. The first kappa shape index (κ1) is 12.3. The van der Waals surface area contributed by atoms with Crippen LogP contribution in [-0.4, -0.2) is 54.4 Å². The second-order valence-corrected chi connectivity index (χ2v) is 3.46. The zero-order valence-corrected chi connectivity index (χ0v) is 8.97. The maximum Gasteiger partial charge on any atom is 0.326 e. The van der Waals surface area contributed by atoms with Gasteiger partial charge in [0.15, 0.2) is 0 Å². The summed E-state index contributed by atoms with van der Waals surface area (Å²) in [5, 5.41) is 11.4. The van der Waals surface area contributed by atoms with Gasteiger partial charge in [0.2, 0.25) is 0 Å². The number of terminal acetylenes is 1. The normalized spacial score (nSPS) is 23.9. The van der Waals surface area contributed by atoms with Crippen LogP contribution in [0.25, 0.3) is 0 Å². The van der Waals surface area contributed by atoms with Gasteiger partial charge in [-0.2, -0.15) is 0 Å². The Hall–Kier alpha value is -1.74. The number of nitrogens with one attached hydrogen (secondary N) is 1. The molecule has 2 amide bonds. The van der Waals surface area contributed by atoms with E-state index in [0.29, 0.717) is 6.42 Å². The summed E-state index contributed by atoms with van der Waals surface area (Å²) in [6, 6.07) is -1.31. The smallest absolute Gasteiger partial charge is 0.326 e. The topological polar surface area (TPSA) is 78.9 Å². The number of ether oxygens (including phenoxy) is 1. The maximum absolute atomic E-state index is 11.6. The predicted molar refractivity (Wildman–Crippen MR) is 55.8 cm³/mol. The Bertz CT molecular complexity index is 323. The fraction of sp³-hybridized carbons (Fsp3) is 0.600. The molecule has 6 heteroatoms. The first-order valence-electron chi connectivity index (χ1n) is 4.83. The molecule has 0 saturated carbocycles. The van der Waals surface area contributed by atoms with Crippen molar-refractivity contribution in [3.05, 3.63) is 0 Å². The molecule has 88 valence electrons. The molecule has 0 aromatic heterocycles. The van der Waals surface area contributed by atoms with Crippen molar-refractivity contribution in [1.82, 2.24) is 10.2 Å². The van der Waals surface area contributed by atoms with E-state index in [1.54, 1.807) is 0 Å². The molecule has 2 N–H and O–H groups in total. The van der Waals surface area contributed by atoms with Gasteiger partial charge in [-0.25, -0.2) is 9.59 Å². The highest BCUT2D eigenvalue weighted by Crippen LogP contribution is 2.20. The van der Waals surface area contributed by atoms with Crippen LogP contribution >= 0.6 is 0 Å². The molecule has 0 aromatic carbocycles. The van der Waals surface area contributed by atoms with Gasteiger partial charge in [0.25, 0.3) is 0 Å². The van der Waals surface area contributed by atoms with Crippen LogP contribution in [0.5, 0.6) is 0 Å². The first-order valence-corrected chi connectivity index (χ1v) is 4.83. The third kappa shape index (κ3) is 2.64. The number of carboxylic acids is 1. The number of hydrogen-bond acceptors (Lipinski definition) is 3. The summed E-state index contributed by atoms with van der Waals surface area (Å²) >= 11 is 0. The zero-order valence-electron chi connectivity index (χ0n) is 8.97. The van der Waals surface area contributed by atoms with Crippen LogP contribution in [-0.2, 0) is 9.53 Å². The molecular formula is C10H14N2O4. The Balaban J connectivity index is 2.66. The molecule has 1 saturated heterocycles. The van der Waals surface area contributed by atoms with Crippen molar-refractivity contribution in [3.63, 3.8) is 0 Å². The molecule has 1 heterocycles.